The lowest BCUT2D eigenvalue weighted by Crippen LogP contribution is -2.10. The molecule has 2 N–H and O–H groups in total. The van der Waals surface area contributed by atoms with Gasteiger partial charge in [0.1, 0.15) is 5.82 Å². The summed E-state index contributed by atoms with van der Waals surface area (Å²) in [6.07, 6.45) is 6.16. The Hall–Kier alpha value is -2.24. The molecule has 1 fully saturated rings. The summed E-state index contributed by atoms with van der Waals surface area (Å²) in [7, 11) is 0. The maximum absolute atomic E-state index is 4.48. The van der Waals surface area contributed by atoms with Gasteiger partial charge < -0.3 is 10.6 Å². The van der Waals surface area contributed by atoms with Gasteiger partial charge in [-0.05, 0) is 55.1 Å². The molecule has 3 heterocycles. The van der Waals surface area contributed by atoms with Crippen LogP contribution in [0.5, 0.6) is 0 Å². The molecular weight excluding hydrogens is 316 g/mol. The molecule has 0 radical (unpaired) electrons. The van der Waals surface area contributed by atoms with E-state index in [0.29, 0.717) is 0 Å². The summed E-state index contributed by atoms with van der Waals surface area (Å²) in [5.41, 5.74) is 2.53. The van der Waals surface area contributed by atoms with Gasteiger partial charge in [-0.1, -0.05) is 41.7 Å². The van der Waals surface area contributed by atoms with E-state index in [4.69, 9.17) is 0 Å². The van der Waals surface area contributed by atoms with Crippen molar-refractivity contribution >= 4 is 22.3 Å². The predicted octanol–water partition coefficient (Wildman–Crippen LogP) is 4.10. The smallest absolute Gasteiger partial charge is 0.188 e. The lowest BCUT2D eigenvalue weighted by molar-refractivity contribution is 0.580. The van der Waals surface area contributed by atoms with Crippen LogP contribution in [0, 0.1) is 5.92 Å². The first-order valence-corrected chi connectivity index (χ1v) is 9.12. The Bertz CT molecular complexity index is 794. The molecule has 1 aromatic carbocycles. The minimum absolute atomic E-state index is 0.741. The Morgan fingerprint density at radius 2 is 2.08 bits per heavy atom. The first-order valence-electron chi connectivity index (χ1n) is 8.31. The number of nitrogens with one attached hydrogen (secondary N) is 2. The van der Waals surface area contributed by atoms with Crippen LogP contribution < -0.4 is 10.6 Å². The van der Waals surface area contributed by atoms with Crippen LogP contribution in [0.2, 0.25) is 0 Å². The van der Waals surface area contributed by atoms with Gasteiger partial charge in [-0.3, -0.25) is 0 Å². The topological polar surface area (TPSA) is 49.8 Å². The molecule has 1 saturated heterocycles. The highest BCUT2D eigenvalue weighted by molar-refractivity contribution is 7.18. The fourth-order valence-electron chi connectivity index (χ4n) is 3.07. The Morgan fingerprint density at radius 3 is 2.92 bits per heavy atom. The number of anilines is 2. The van der Waals surface area contributed by atoms with Crippen LogP contribution in [0.4, 0.5) is 10.9 Å². The molecule has 0 aliphatic carbocycles. The second-order valence-electron chi connectivity index (χ2n) is 6.13. The minimum atomic E-state index is 0.741. The van der Waals surface area contributed by atoms with Crippen molar-refractivity contribution in [3.05, 3.63) is 60.4 Å². The summed E-state index contributed by atoms with van der Waals surface area (Å²) in [5.74, 6) is 1.61. The number of benzene rings is 1. The Kier molecular flexibility index (Phi) is 4.53. The molecule has 1 unspecified atom stereocenters. The fraction of sp³-hybridized carbons (Fsp3) is 0.263. The zero-order valence-electron chi connectivity index (χ0n) is 13.4. The molecule has 0 bridgehead atoms. The Labute approximate surface area is 146 Å². The van der Waals surface area contributed by atoms with Crippen molar-refractivity contribution in [2.24, 2.45) is 5.92 Å². The Balaban J connectivity index is 1.46. The molecule has 2 aromatic heterocycles. The van der Waals surface area contributed by atoms with E-state index >= 15 is 0 Å². The van der Waals surface area contributed by atoms with Gasteiger partial charge >= 0.3 is 0 Å². The van der Waals surface area contributed by atoms with Crippen molar-refractivity contribution in [3.8, 4) is 10.4 Å². The number of thiazole rings is 1. The molecule has 1 aliphatic rings. The van der Waals surface area contributed by atoms with Crippen LogP contribution in [0.15, 0.2) is 54.9 Å². The standard InChI is InChI=1S/C19H20N4S/c1-2-4-16(5-3-1)17-13-22-19(24-17)23-18-11-14(7-9-21-18)10-15-6-8-20-12-15/h1-5,7,9,11,13,15,20H,6,8,10,12H2,(H,21,22,23). The van der Waals surface area contributed by atoms with E-state index in [1.54, 1.807) is 11.3 Å². The van der Waals surface area contributed by atoms with Gasteiger partial charge in [-0.25, -0.2) is 9.97 Å². The highest BCUT2D eigenvalue weighted by Gasteiger charge is 2.15. The number of aromatic nitrogens is 2. The van der Waals surface area contributed by atoms with Crippen molar-refractivity contribution in [3.63, 3.8) is 0 Å². The molecule has 4 rings (SSSR count). The highest BCUT2D eigenvalue weighted by atomic mass is 32.1. The maximum atomic E-state index is 4.48. The predicted molar refractivity (Wildman–Crippen MR) is 99.8 cm³/mol. The third kappa shape index (κ3) is 3.63. The van der Waals surface area contributed by atoms with Gasteiger partial charge in [0.2, 0.25) is 0 Å². The summed E-state index contributed by atoms with van der Waals surface area (Å²) >= 11 is 1.65. The molecule has 3 aromatic rings. The Morgan fingerprint density at radius 1 is 1.17 bits per heavy atom. The molecule has 5 heteroatoms. The van der Waals surface area contributed by atoms with Gasteiger partial charge in [0, 0.05) is 12.4 Å². The van der Waals surface area contributed by atoms with Gasteiger partial charge in [0.25, 0.3) is 0 Å². The molecule has 0 spiro atoms. The van der Waals surface area contributed by atoms with Gasteiger partial charge in [-0.2, -0.15) is 0 Å². The minimum Gasteiger partial charge on any atom is -0.316 e. The van der Waals surface area contributed by atoms with Crippen LogP contribution in [0.3, 0.4) is 0 Å². The average molecular weight is 336 g/mol. The van der Waals surface area contributed by atoms with Crippen molar-refractivity contribution in [2.45, 2.75) is 12.8 Å². The van der Waals surface area contributed by atoms with Gasteiger partial charge in [0.15, 0.2) is 5.13 Å². The summed E-state index contributed by atoms with van der Waals surface area (Å²) in [6, 6.07) is 14.6. The lowest BCUT2D eigenvalue weighted by atomic mass is 9.99. The quantitative estimate of drug-likeness (QED) is 0.736. The van der Waals surface area contributed by atoms with Crippen LogP contribution in [0.1, 0.15) is 12.0 Å². The number of hydrogen-bond donors (Lipinski definition) is 2. The van der Waals surface area contributed by atoms with E-state index in [1.807, 2.05) is 30.6 Å². The van der Waals surface area contributed by atoms with Crippen molar-refractivity contribution in [2.75, 3.05) is 18.4 Å². The van der Waals surface area contributed by atoms with Crippen LogP contribution >= 0.6 is 11.3 Å². The number of nitrogens with zero attached hydrogens (tertiary/aromatic N) is 2. The summed E-state index contributed by atoms with van der Waals surface area (Å²) in [6.45, 7) is 2.26. The van der Waals surface area contributed by atoms with Gasteiger partial charge in [-0.15, -0.1) is 0 Å². The zero-order valence-corrected chi connectivity index (χ0v) is 14.2. The highest BCUT2D eigenvalue weighted by Crippen LogP contribution is 2.30. The van der Waals surface area contributed by atoms with E-state index < -0.39 is 0 Å². The van der Waals surface area contributed by atoms with E-state index in [0.717, 1.165) is 41.3 Å². The maximum Gasteiger partial charge on any atom is 0.188 e. The number of pyridine rings is 1. The molecule has 4 nitrogen and oxygen atoms in total. The molecule has 1 atom stereocenters. The first-order chi connectivity index (χ1) is 11.9. The van der Waals surface area contributed by atoms with Crippen molar-refractivity contribution < 1.29 is 0 Å². The molecule has 0 saturated carbocycles. The second kappa shape index (κ2) is 7.11. The third-order valence-corrected chi connectivity index (χ3v) is 5.27. The fourth-order valence-corrected chi connectivity index (χ4v) is 3.90. The molecule has 122 valence electrons. The summed E-state index contributed by atoms with van der Waals surface area (Å²) < 4.78 is 0. The molecule has 24 heavy (non-hydrogen) atoms. The summed E-state index contributed by atoms with van der Waals surface area (Å²) in [4.78, 5) is 10.1. The van der Waals surface area contributed by atoms with Crippen LogP contribution in [0.25, 0.3) is 10.4 Å². The van der Waals surface area contributed by atoms with E-state index in [-0.39, 0.29) is 0 Å². The molecular formula is C19H20N4S. The number of hydrogen-bond acceptors (Lipinski definition) is 5. The van der Waals surface area contributed by atoms with E-state index in [9.17, 15) is 0 Å². The largest absolute Gasteiger partial charge is 0.316 e. The van der Waals surface area contributed by atoms with Crippen LogP contribution in [-0.2, 0) is 6.42 Å². The monoisotopic (exact) mass is 336 g/mol. The average Bonchev–Trinajstić information content (AvgIpc) is 3.28. The third-order valence-electron chi connectivity index (χ3n) is 4.31. The normalized spacial score (nSPS) is 17.1. The summed E-state index contributed by atoms with van der Waals surface area (Å²) in [5, 5.41) is 7.64. The van der Waals surface area contributed by atoms with Crippen molar-refractivity contribution in [1.82, 2.24) is 15.3 Å². The molecule has 0 amide bonds. The van der Waals surface area contributed by atoms with Gasteiger partial charge in [0.05, 0.1) is 4.88 Å². The van der Waals surface area contributed by atoms with E-state index in [2.05, 4.69) is 44.9 Å². The molecule has 1 aliphatic heterocycles. The lowest BCUT2D eigenvalue weighted by Gasteiger charge is -2.09. The zero-order chi connectivity index (χ0) is 16.2. The van der Waals surface area contributed by atoms with E-state index in [1.165, 1.54) is 17.5 Å². The number of rotatable bonds is 5. The second-order valence-corrected chi connectivity index (χ2v) is 7.16. The SMILES string of the molecule is c1ccc(-c2cnc(Nc3cc(CC4CCNC4)ccn3)s2)cc1. The van der Waals surface area contributed by atoms with Crippen molar-refractivity contribution in [1.29, 1.82) is 0 Å². The van der Waals surface area contributed by atoms with Crippen LogP contribution in [-0.4, -0.2) is 23.1 Å². The first kappa shape index (κ1) is 15.3.